The van der Waals surface area contributed by atoms with E-state index in [0.29, 0.717) is 0 Å². The van der Waals surface area contributed by atoms with Crippen molar-refractivity contribution in [3.8, 4) is 29.3 Å². The van der Waals surface area contributed by atoms with E-state index in [1.54, 1.807) is 22.3 Å². The highest BCUT2D eigenvalue weighted by molar-refractivity contribution is 7.28. The second-order valence-electron chi connectivity index (χ2n) is 11.0. The first kappa shape index (κ1) is 25.0. The molecule has 0 unspecified atom stereocenters. The molecule has 0 nitrogen and oxygen atoms in total. The highest BCUT2D eigenvalue weighted by atomic mass is 32.1. The van der Waals surface area contributed by atoms with Crippen molar-refractivity contribution in [3.05, 3.63) is 117 Å². The van der Waals surface area contributed by atoms with Gasteiger partial charge >= 0.3 is 0 Å². The predicted molar refractivity (Wildman–Crippen MR) is 179 cm³/mol. The lowest BCUT2D eigenvalue weighted by molar-refractivity contribution is 0.895. The minimum Gasteiger partial charge on any atom is -0.135 e. The minimum absolute atomic E-state index is 1.16. The van der Waals surface area contributed by atoms with E-state index < -0.39 is 0 Å². The van der Waals surface area contributed by atoms with Crippen LogP contribution in [-0.2, 0) is 0 Å². The van der Waals surface area contributed by atoms with Crippen molar-refractivity contribution in [2.45, 2.75) is 51.4 Å². The van der Waals surface area contributed by atoms with E-state index in [1.807, 2.05) is 45.3 Å². The van der Waals surface area contributed by atoms with Gasteiger partial charge in [-0.1, -0.05) is 36.5 Å². The quantitative estimate of drug-likeness (QED) is 0.217. The Balaban J connectivity index is 1.00. The summed E-state index contributed by atoms with van der Waals surface area (Å²) in [5, 5.41) is 0. The monoisotopic (exact) mass is 590 g/mol. The fraction of sp³-hybridized carbons (Fsp3) is 0.222. The Morgan fingerprint density at radius 3 is 1.10 bits per heavy atom. The fourth-order valence-corrected chi connectivity index (χ4v) is 10.6. The number of hydrogen-bond acceptors (Lipinski definition) is 4. The molecule has 0 spiro atoms. The van der Waals surface area contributed by atoms with Crippen molar-refractivity contribution < 1.29 is 0 Å². The minimum atomic E-state index is 1.16. The SMILES string of the molecule is C1=CC2=C(C=C(c3ccc(-c4ccc(-c5ccc(-c6ccc(C7=CC8=C(C=CCC8)CC7)s6)s5)s4)s3)CC2)CC1. The van der Waals surface area contributed by atoms with Gasteiger partial charge in [-0.05, 0) is 133 Å². The molecule has 0 N–H and O–H groups in total. The number of rotatable bonds is 5. The van der Waals surface area contributed by atoms with Crippen LogP contribution in [0.15, 0.2) is 107 Å². The molecular weight excluding hydrogens is 561 g/mol. The van der Waals surface area contributed by atoms with Gasteiger partial charge in [0.25, 0.3) is 0 Å². The summed E-state index contributed by atoms with van der Waals surface area (Å²) in [4.78, 5) is 11.2. The van der Waals surface area contributed by atoms with Gasteiger partial charge in [0.15, 0.2) is 0 Å². The Morgan fingerprint density at radius 2 is 0.700 bits per heavy atom. The van der Waals surface area contributed by atoms with Crippen LogP contribution in [0.4, 0.5) is 0 Å². The van der Waals surface area contributed by atoms with E-state index in [1.165, 1.54) is 88.7 Å². The smallest absolute Gasteiger partial charge is 0.0449 e. The Labute approximate surface area is 252 Å². The van der Waals surface area contributed by atoms with E-state index in [2.05, 4.69) is 85.0 Å². The van der Waals surface area contributed by atoms with Gasteiger partial charge in [-0.2, -0.15) is 0 Å². The second kappa shape index (κ2) is 10.6. The molecule has 4 aliphatic carbocycles. The summed E-state index contributed by atoms with van der Waals surface area (Å²) in [6, 6.07) is 18.6. The van der Waals surface area contributed by atoms with Crippen LogP contribution in [-0.4, -0.2) is 0 Å². The lowest BCUT2D eigenvalue weighted by Gasteiger charge is -2.20. The molecule has 4 aromatic heterocycles. The molecule has 4 aromatic rings. The Morgan fingerprint density at radius 1 is 0.350 bits per heavy atom. The van der Waals surface area contributed by atoms with Crippen LogP contribution >= 0.6 is 45.3 Å². The molecule has 4 heterocycles. The summed E-state index contributed by atoms with van der Waals surface area (Å²) < 4.78 is 0. The van der Waals surface area contributed by atoms with Crippen molar-refractivity contribution >= 4 is 56.5 Å². The average Bonchev–Trinajstić information content (AvgIpc) is 3.82. The Kier molecular flexibility index (Phi) is 6.61. The van der Waals surface area contributed by atoms with Crippen LogP contribution in [0.2, 0.25) is 0 Å². The van der Waals surface area contributed by atoms with Gasteiger partial charge in [0.1, 0.15) is 0 Å². The van der Waals surface area contributed by atoms with Crippen molar-refractivity contribution in [3.63, 3.8) is 0 Å². The van der Waals surface area contributed by atoms with Gasteiger partial charge in [0.2, 0.25) is 0 Å². The Hall–Kier alpha value is -2.76. The van der Waals surface area contributed by atoms with E-state index in [4.69, 9.17) is 0 Å². The molecule has 0 fully saturated rings. The van der Waals surface area contributed by atoms with Crippen LogP contribution < -0.4 is 0 Å². The molecule has 4 aliphatic rings. The number of hydrogen-bond donors (Lipinski definition) is 0. The van der Waals surface area contributed by atoms with Crippen LogP contribution in [0.5, 0.6) is 0 Å². The second-order valence-corrected chi connectivity index (χ2v) is 15.3. The van der Waals surface area contributed by atoms with E-state index >= 15 is 0 Å². The predicted octanol–water partition coefficient (Wildman–Crippen LogP) is 12.6. The van der Waals surface area contributed by atoms with Gasteiger partial charge < -0.3 is 0 Å². The molecule has 0 radical (unpaired) electrons. The van der Waals surface area contributed by atoms with Crippen LogP contribution in [0.1, 0.15) is 61.1 Å². The molecule has 0 saturated carbocycles. The maximum absolute atomic E-state index is 2.48. The summed E-state index contributed by atoms with van der Waals surface area (Å²) in [5.41, 5.74) is 9.29. The van der Waals surface area contributed by atoms with Crippen molar-refractivity contribution in [2.24, 2.45) is 0 Å². The number of thiophene rings is 4. The van der Waals surface area contributed by atoms with Crippen molar-refractivity contribution in [2.75, 3.05) is 0 Å². The zero-order valence-electron chi connectivity index (χ0n) is 22.4. The highest BCUT2D eigenvalue weighted by Gasteiger charge is 2.19. The lowest BCUT2D eigenvalue weighted by Crippen LogP contribution is -1.99. The molecule has 40 heavy (non-hydrogen) atoms. The third kappa shape index (κ3) is 4.75. The fourth-order valence-electron chi connectivity index (χ4n) is 6.27. The molecule has 0 amide bonds. The van der Waals surface area contributed by atoms with Gasteiger partial charge in [-0.25, -0.2) is 0 Å². The zero-order valence-corrected chi connectivity index (χ0v) is 25.6. The average molecular weight is 591 g/mol. The summed E-state index contributed by atoms with van der Waals surface area (Å²) >= 11 is 7.78. The van der Waals surface area contributed by atoms with Gasteiger partial charge in [0, 0.05) is 39.0 Å². The van der Waals surface area contributed by atoms with Gasteiger partial charge in [-0.3, -0.25) is 0 Å². The van der Waals surface area contributed by atoms with E-state index in [9.17, 15) is 0 Å². The summed E-state index contributed by atoms with van der Waals surface area (Å²) in [6.07, 6.45) is 23.8. The standard InChI is InChI=1S/C36H30S4/c1-3-7-25-21-27(11-9-23(25)5-1)29-13-15-31(37-29)33-17-19-35(39-33)36-20-18-34(40-36)32-16-14-30(38-32)28-12-10-24-6-2-4-8-26(24)22-28/h1-2,5-6,13-22H,3-4,7-12H2. The molecule has 0 aromatic carbocycles. The molecule has 0 aliphatic heterocycles. The summed E-state index contributed by atoms with van der Waals surface area (Å²) in [6.45, 7) is 0. The first-order valence-electron chi connectivity index (χ1n) is 14.4. The molecule has 4 heteroatoms. The number of allylic oxidation sites excluding steroid dienone is 12. The van der Waals surface area contributed by atoms with Crippen LogP contribution in [0.25, 0.3) is 40.4 Å². The molecule has 198 valence electrons. The molecular formula is C36H30S4. The van der Waals surface area contributed by atoms with Crippen LogP contribution in [0, 0.1) is 0 Å². The zero-order chi connectivity index (χ0) is 26.5. The summed E-state index contributed by atoms with van der Waals surface area (Å²) in [7, 11) is 0. The molecule has 0 saturated heterocycles. The third-order valence-electron chi connectivity index (χ3n) is 8.43. The first-order chi connectivity index (χ1) is 19.8. The van der Waals surface area contributed by atoms with E-state index in [0.717, 1.165) is 12.8 Å². The van der Waals surface area contributed by atoms with Crippen LogP contribution in [0.3, 0.4) is 0 Å². The van der Waals surface area contributed by atoms with Gasteiger partial charge in [0.05, 0.1) is 0 Å². The van der Waals surface area contributed by atoms with Gasteiger partial charge in [-0.15, -0.1) is 45.3 Å². The Bertz CT molecular complexity index is 1660. The largest absolute Gasteiger partial charge is 0.135 e. The maximum atomic E-state index is 2.48. The van der Waals surface area contributed by atoms with Crippen molar-refractivity contribution in [1.82, 2.24) is 0 Å². The third-order valence-corrected chi connectivity index (χ3v) is 13.5. The van der Waals surface area contributed by atoms with Crippen molar-refractivity contribution in [1.29, 1.82) is 0 Å². The highest BCUT2D eigenvalue weighted by Crippen LogP contribution is 2.46. The summed E-state index contributed by atoms with van der Waals surface area (Å²) in [5.74, 6) is 0. The topological polar surface area (TPSA) is 0 Å². The normalized spacial score (nSPS) is 18.6. The maximum Gasteiger partial charge on any atom is 0.0449 e. The van der Waals surface area contributed by atoms with E-state index in [-0.39, 0.29) is 0 Å². The first-order valence-corrected chi connectivity index (χ1v) is 17.6. The molecule has 0 bridgehead atoms. The molecule has 0 atom stereocenters. The lowest BCUT2D eigenvalue weighted by atomic mass is 9.86. The molecule has 8 rings (SSSR count).